The molecule has 2 rings (SSSR count). The summed E-state index contributed by atoms with van der Waals surface area (Å²) in [4.78, 5) is 0. The third-order valence-electron chi connectivity index (χ3n) is 3.82. The molecule has 1 saturated heterocycles. The average Bonchev–Trinajstić information content (AvgIpc) is 2.45. The molecule has 1 fully saturated rings. The molecule has 1 heterocycles. The second kappa shape index (κ2) is 7.61. The van der Waals surface area contributed by atoms with Gasteiger partial charge < -0.3 is 0 Å². The normalized spacial score (nSPS) is 20.4. The predicted octanol–water partition coefficient (Wildman–Crippen LogP) is 3.55. The fourth-order valence-electron chi connectivity index (χ4n) is 2.70. The van der Waals surface area contributed by atoms with E-state index in [1.807, 2.05) is 31.2 Å². The first kappa shape index (κ1) is 16.8. The average molecular weight is 375 g/mol. The molecule has 1 aliphatic rings. The van der Waals surface area contributed by atoms with Crippen LogP contribution in [0.3, 0.4) is 0 Å². The number of benzene rings is 1. The Labute approximate surface area is 136 Å². The minimum atomic E-state index is -3.45. The van der Waals surface area contributed by atoms with Crippen molar-refractivity contribution >= 4 is 31.8 Å². The van der Waals surface area contributed by atoms with E-state index in [0.717, 1.165) is 43.0 Å². The summed E-state index contributed by atoms with van der Waals surface area (Å²) in [5.74, 6) is 0. The highest BCUT2D eigenvalue weighted by molar-refractivity contribution is 9.09. The van der Waals surface area contributed by atoms with Crippen molar-refractivity contribution < 1.29 is 8.42 Å². The van der Waals surface area contributed by atoms with Gasteiger partial charge >= 0.3 is 10.2 Å². The molecule has 118 valence electrons. The number of aryl methyl sites for hydroxylation is 1. The van der Waals surface area contributed by atoms with E-state index in [-0.39, 0.29) is 6.04 Å². The summed E-state index contributed by atoms with van der Waals surface area (Å²) in [5.41, 5.74) is 1.81. The number of nitrogens with one attached hydrogen (secondary N) is 1. The number of nitrogens with zero attached hydrogens (tertiary/aromatic N) is 1. The van der Waals surface area contributed by atoms with E-state index < -0.39 is 10.2 Å². The van der Waals surface area contributed by atoms with Gasteiger partial charge in [-0.15, -0.1) is 0 Å². The second-order valence-corrected chi connectivity index (χ2v) is 7.97. The lowest BCUT2D eigenvalue weighted by Crippen LogP contribution is -2.44. The van der Waals surface area contributed by atoms with Gasteiger partial charge in [0.05, 0.1) is 5.69 Å². The van der Waals surface area contributed by atoms with Gasteiger partial charge in [0.2, 0.25) is 0 Å². The zero-order valence-electron chi connectivity index (χ0n) is 12.4. The van der Waals surface area contributed by atoms with Gasteiger partial charge in [0.15, 0.2) is 0 Å². The van der Waals surface area contributed by atoms with Crippen molar-refractivity contribution in [1.82, 2.24) is 4.31 Å². The summed E-state index contributed by atoms with van der Waals surface area (Å²) in [6, 6.07) is 7.75. The molecular formula is C15H23BrN2O2S. The molecule has 0 saturated carbocycles. The third-order valence-corrected chi connectivity index (χ3v) is 6.04. The Morgan fingerprint density at radius 1 is 1.38 bits per heavy atom. The Hall–Kier alpha value is -0.590. The summed E-state index contributed by atoms with van der Waals surface area (Å²) in [6.07, 6.45) is 4.97. The monoisotopic (exact) mass is 374 g/mol. The number of alkyl halides is 1. The number of halogens is 1. The van der Waals surface area contributed by atoms with Gasteiger partial charge in [0.1, 0.15) is 0 Å². The number of piperidine rings is 1. The summed E-state index contributed by atoms with van der Waals surface area (Å²) in [6.45, 7) is 2.59. The van der Waals surface area contributed by atoms with E-state index in [2.05, 4.69) is 20.7 Å². The van der Waals surface area contributed by atoms with Gasteiger partial charge in [-0.2, -0.15) is 12.7 Å². The molecule has 0 radical (unpaired) electrons. The van der Waals surface area contributed by atoms with Crippen molar-refractivity contribution in [3.05, 3.63) is 29.8 Å². The van der Waals surface area contributed by atoms with Crippen LogP contribution in [0.4, 0.5) is 5.69 Å². The van der Waals surface area contributed by atoms with E-state index in [0.29, 0.717) is 12.2 Å². The molecule has 1 atom stereocenters. The molecule has 0 amide bonds. The summed E-state index contributed by atoms with van der Waals surface area (Å²) in [5, 5.41) is 0.953. The summed E-state index contributed by atoms with van der Waals surface area (Å²) < 4.78 is 29.3. The van der Waals surface area contributed by atoms with Crippen LogP contribution in [-0.4, -0.2) is 30.6 Å². The van der Waals surface area contributed by atoms with Gasteiger partial charge in [-0.1, -0.05) is 34.5 Å². The van der Waals surface area contributed by atoms with Crippen LogP contribution in [0.5, 0.6) is 0 Å². The molecule has 0 spiro atoms. The lowest BCUT2D eigenvalue weighted by Gasteiger charge is -2.32. The molecule has 0 aliphatic carbocycles. The van der Waals surface area contributed by atoms with Crippen LogP contribution < -0.4 is 4.72 Å². The molecule has 0 aromatic heterocycles. The standard InChI is InChI=1S/C15H23BrN2O2S/c1-13-6-2-3-11-18(13)21(19,20)17-15-9-4-7-14(12-15)8-5-10-16/h4,7,9,12-13,17H,2-3,5-6,8,10-11H2,1H3. The first-order valence-corrected chi connectivity index (χ1v) is 10.0. The van der Waals surface area contributed by atoms with Gasteiger partial charge in [0, 0.05) is 17.9 Å². The maximum Gasteiger partial charge on any atom is 0.301 e. The Morgan fingerprint density at radius 3 is 2.90 bits per heavy atom. The van der Waals surface area contributed by atoms with Crippen LogP contribution >= 0.6 is 15.9 Å². The first-order valence-electron chi connectivity index (χ1n) is 7.47. The minimum Gasteiger partial charge on any atom is -0.271 e. The number of hydrogen-bond acceptors (Lipinski definition) is 2. The largest absolute Gasteiger partial charge is 0.301 e. The topological polar surface area (TPSA) is 49.4 Å². The van der Waals surface area contributed by atoms with Gasteiger partial charge in [0.25, 0.3) is 0 Å². The lowest BCUT2D eigenvalue weighted by molar-refractivity contribution is 0.270. The fraction of sp³-hybridized carbons (Fsp3) is 0.600. The van der Waals surface area contributed by atoms with E-state index in [4.69, 9.17) is 0 Å². The van der Waals surface area contributed by atoms with Crippen LogP contribution in [0.2, 0.25) is 0 Å². The van der Waals surface area contributed by atoms with E-state index in [1.54, 1.807) is 4.31 Å². The molecule has 6 heteroatoms. The van der Waals surface area contributed by atoms with Crippen molar-refractivity contribution in [2.24, 2.45) is 0 Å². The maximum atomic E-state index is 12.5. The molecule has 4 nitrogen and oxygen atoms in total. The SMILES string of the molecule is CC1CCCCN1S(=O)(=O)Nc1cccc(CCCBr)c1. The van der Waals surface area contributed by atoms with Gasteiger partial charge in [-0.3, -0.25) is 4.72 Å². The molecule has 1 aliphatic heterocycles. The highest BCUT2D eigenvalue weighted by Gasteiger charge is 2.29. The molecule has 21 heavy (non-hydrogen) atoms. The first-order chi connectivity index (χ1) is 10.0. The lowest BCUT2D eigenvalue weighted by atomic mass is 10.1. The predicted molar refractivity (Wildman–Crippen MR) is 91.1 cm³/mol. The van der Waals surface area contributed by atoms with E-state index >= 15 is 0 Å². The zero-order valence-corrected chi connectivity index (χ0v) is 14.8. The molecule has 1 N–H and O–H groups in total. The van der Waals surface area contributed by atoms with Crippen LogP contribution in [0.25, 0.3) is 0 Å². The highest BCUT2D eigenvalue weighted by Crippen LogP contribution is 2.22. The van der Waals surface area contributed by atoms with Crippen LogP contribution in [0.15, 0.2) is 24.3 Å². The van der Waals surface area contributed by atoms with Crippen LogP contribution in [0.1, 0.15) is 38.2 Å². The summed E-state index contributed by atoms with van der Waals surface area (Å²) in [7, 11) is -3.45. The van der Waals surface area contributed by atoms with Crippen molar-refractivity contribution in [2.75, 3.05) is 16.6 Å². The maximum absolute atomic E-state index is 12.5. The molecule has 1 unspecified atom stereocenters. The molecule has 1 aromatic carbocycles. The number of hydrogen-bond donors (Lipinski definition) is 1. The fourth-order valence-corrected chi connectivity index (χ4v) is 4.47. The van der Waals surface area contributed by atoms with Crippen LogP contribution in [0, 0.1) is 0 Å². The number of anilines is 1. The Kier molecular flexibility index (Phi) is 6.08. The van der Waals surface area contributed by atoms with Gasteiger partial charge in [-0.25, -0.2) is 0 Å². The Balaban J connectivity index is 2.09. The Morgan fingerprint density at radius 2 is 2.19 bits per heavy atom. The van der Waals surface area contributed by atoms with Crippen molar-refractivity contribution in [3.63, 3.8) is 0 Å². The summed E-state index contributed by atoms with van der Waals surface area (Å²) >= 11 is 3.41. The van der Waals surface area contributed by atoms with E-state index in [9.17, 15) is 8.42 Å². The molecular weight excluding hydrogens is 352 g/mol. The zero-order chi connectivity index (χ0) is 15.3. The highest BCUT2D eigenvalue weighted by atomic mass is 79.9. The van der Waals surface area contributed by atoms with Crippen molar-refractivity contribution in [2.45, 2.75) is 45.1 Å². The third kappa shape index (κ3) is 4.69. The second-order valence-electron chi connectivity index (χ2n) is 5.56. The van der Waals surface area contributed by atoms with Crippen molar-refractivity contribution in [3.8, 4) is 0 Å². The Bertz CT molecular complexity index is 563. The molecule has 0 bridgehead atoms. The number of rotatable bonds is 6. The van der Waals surface area contributed by atoms with Gasteiger partial charge in [-0.05, 0) is 50.3 Å². The minimum absolute atomic E-state index is 0.0767. The van der Waals surface area contributed by atoms with Crippen molar-refractivity contribution in [1.29, 1.82) is 0 Å². The smallest absolute Gasteiger partial charge is 0.271 e. The molecule has 1 aromatic rings. The quantitative estimate of drug-likeness (QED) is 0.774. The van der Waals surface area contributed by atoms with Crippen LogP contribution in [-0.2, 0) is 16.6 Å². The van der Waals surface area contributed by atoms with E-state index in [1.165, 1.54) is 0 Å².